The molecule has 3 rings (SSSR count). The molecule has 1 aliphatic rings. The van der Waals surface area contributed by atoms with Crippen LogP contribution in [0.3, 0.4) is 0 Å². The zero-order chi connectivity index (χ0) is 14.3. The van der Waals surface area contributed by atoms with Crippen LogP contribution in [0, 0.1) is 0 Å². The summed E-state index contributed by atoms with van der Waals surface area (Å²) in [5.41, 5.74) is 2.58. The van der Waals surface area contributed by atoms with Crippen LogP contribution in [0.25, 0.3) is 0 Å². The van der Waals surface area contributed by atoms with Gasteiger partial charge < -0.3 is 15.2 Å². The Kier molecular flexibility index (Phi) is 3.14. The molecule has 0 radical (unpaired) electrons. The van der Waals surface area contributed by atoms with Gasteiger partial charge in [-0.3, -0.25) is 4.79 Å². The number of carbonyl (C=O) groups excluding carboxylic acids is 1. The van der Waals surface area contributed by atoms with Crippen LogP contribution in [-0.2, 0) is 18.3 Å². The molecule has 0 saturated carbocycles. The number of benzene rings is 1. The number of fused-ring (bicyclic) bond motifs is 1. The van der Waals surface area contributed by atoms with E-state index in [9.17, 15) is 4.79 Å². The fraction of sp³-hybridized carbons (Fsp3) is 0.286. The van der Waals surface area contributed by atoms with Crippen molar-refractivity contribution >= 4 is 28.9 Å². The minimum absolute atomic E-state index is 0.00497. The topological polar surface area (TPSA) is 58.9 Å². The fourth-order valence-electron chi connectivity index (χ4n) is 2.45. The molecule has 6 heteroatoms. The summed E-state index contributed by atoms with van der Waals surface area (Å²) in [5, 5.41) is 6.72. The van der Waals surface area contributed by atoms with Crippen LogP contribution in [0.15, 0.2) is 24.5 Å². The number of carbonyl (C=O) groups is 1. The van der Waals surface area contributed by atoms with Crippen LogP contribution in [0.2, 0.25) is 5.02 Å². The highest BCUT2D eigenvalue weighted by Crippen LogP contribution is 2.34. The third-order valence-electron chi connectivity index (χ3n) is 3.44. The number of hydrogen-bond donors (Lipinski definition) is 2. The molecule has 1 amide bonds. The van der Waals surface area contributed by atoms with Crippen LogP contribution in [0.1, 0.15) is 24.4 Å². The van der Waals surface area contributed by atoms with E-state index in [1.165, 1.54) is 0 Å². The van der Waals surface area contributed by atoms with Gasteiger partial charge >= 0.3 is 0 Å². The summed E-state index contributed by atoms with van der Waals surface area (Å²) in [7, 11) is 1.95. The van der Waals surface area contributed by atoms with Crippen molar-refractivity contribution in [3.05, 3.63) is 40.9 Å². The van der Waals surface area contributed by atoms with Gasteiger partial charge in [0.25, 0.3) is 0 Å². The normalized spacial score (nSPS) is 14.8. The Morgan fingerprint density at radius 3 is 3.00 bits per heavy atom. The van der Waals surface area contributed by atoms with Crippen LogP contribution in [0.5, 0.6) is 0 Å². The molecule has 1 aliphatic heterocycles. The van der Waals surface area contributed by atoms with Gasteiger partial charge in [-0.2, -0.15) is 0 Å². The van der Waals surface area contributed by atoms with E-state index in [0.29, 0.717) is 11.4 Å². The Bertz CT molecular complexity index is 680. The van der Waals surface area contributed by atoms with E-state index in [-0.39, 0.29) is 11.9 Å². The standard InChI is InChI=1S/C14H15ClN4O/c1-8(14-16-3-4-19(14)2)17-12-5-9-6-13(20)18-11(9)7-10(12)15/h3-5,7-8,17H,6H2,1-2H3,(H,18,20). The largest absolute Gasteiger partial charge is 0.374 e. The van der Waals surface area contributed by atoms with Gasteiger partial charge in [0.1, 0.15) is 5.82 Å². The van der Waals surface area contributed by atoms with Gasteiger partial charge in [0.15, 0.2) is 0 Å². The first-order valence-corrected chi connectivity index (χ1v) is 6.78. The monoisotopic (exact) mass is 290 g/mol. The van der Waals surface area contributed by atoms with E-state index in [1.807, 2.05) is 30.8 Å². The number of aryl methyl sites for hydroxylation is 1. The summed E-state index contributed by atoms with van der Waals surface area (Å²) < 4.78 is 1.96. The number of aromatic nitrogens is 2. The minimum atomic E-state index is 0.00497. The second-order valence-corrected chi connectivity index (χ2v) is 5.38. The molecule has 20 heavy (non-hydrogen) atoms. The number of anilines is 2. The number of nitrogens with one attached hydrogen (secondary N) is 2. The summed E-state index contributed by atoms with van der Waals surface area (Å²) in [4.78, 5) is 15.7. The summed E-state index contributed by atoms with van der Waals surface area (Å²) in [6.45, 7) is 2.02. The van der Waals surface area contributed by atoms with Crippen LogP contribution >= 0.6 is 11.6 Å². The molecule has 1 atom stereocenters. The summed E-state index contributed by atoms with van der Waals surface area (Å²) in [6, 6.07) is 3.74. The van der Waals surface area contributed by atoms with Crippen LogP contribution in [0.4, 0.5) is 11.4 Å². The number of rotatable bonds is 3. The number of halogens is 1. The lowest BCUT2D eigenvalue weighted by atomic mass is 10.1. The Morgan fingerprint density at radius 1 is 1.50 bits per heavy atom. The second kappa shape index (κ2) is 4.83. The predicted molar refractivity (Wildman–Crippen MR) is 79.0 cm³/mol. The summed E-state index contributed by atoms with van der Waals surface area (Å²) in [5.74, 6) is 0.932. The second-order valence-electron chi connectivity index (χ2n) is 4.98. The molecule has 1 aromatic heterocycles. The van der Waals surface area contributed by atoms with E-state index >= 15 is 0 Å². The first kappa shape index (κ1) is 13.0. The molecular weight excluding hydrogens is 276 g/mol. The average Bonchev–Trinajstić information content (AvgIpc) is 2.94. The number of nitrogens with zero attached hydrogens (tertiary/aromatic N) is 2. The Hall–Kier alpha value is -2.01. The smallest absolute Gasteiger partial charge is 0.228 e. The number of amides is 1. The predicted octanol–water partition coefficient (Wildman–Crippen LogP) is 2.74. The molecular formula is C14H15ClN4O. The zero-order valence-electron chi connectivity index (χ0n) is 11.3. The van der Waals surface area contributed by atoms with Gasteiger partial charge in [0, 0.05) is 25.1 Å². The lowest BCUT2D eigenvalue weighted by molar-refractivity contribution is -0.115. The van der Waals surface area contributed by atoms with E-state index in [2.05, 4.69) is 15.6 Å². The van der Waals surface area contributed by atoms with Gasteiger partial charge in [-0.25, -0.2) is 4.98 Å². The zero-order valence-corrected chi connectivity index (χ0v) is 12.0. The third kappa shape index (κ3) is 2.25. The van der Waals surface area contributed by atoms with Gasteiger partial charge in [0.05, 0.1) is 23.2 Å². The van der Waals surface area contributed by atoms with Crippen molar-refractivity contribution in [2.75, 3.05) is 10.6 Å². The first-order chi connectivity index (χ1) is 9.54. The molecule has 2 aromatic rings. The maximum Gasteiger partial charge on any atom is 0.228 e. The van der Waals surface area contributed by atoms with Crippen molar-refractivity contribution in [2.45, 2.75) is 19.4 Å². The van der Waals surface area contributed by atoms with Crippen molar-refractivity contribution in [2.24, 2.45) is 7.05 Å². The van der Waals surface area contributed by atoms with Crippen molar-refractivity contribution in [1.29, 1.82) is 0 Å². The highest BCUT2D eigenvalue weighted by Gasteiger charge is 2.20. The minimum Gasteiger partial charge on any atom is -0.374 e. The first-order valence-electron chi connectivity index (χ1n) is 6.40. The summed E-state index contributed by atoms with van der Waals surface area (Å²) in [6.07, 6.45) is 4.07. The summed E-state index contributed by atoms with van der Waals surface area (Å²) >= 11 is 6.26. The number of hydrogen-bond acceptors (Lipinski definition) is 3. The van der Waals surface area contributed by atoms with E-state index in [0.717, 1.165) is 22.8 Å². The van der Waals surface area contributed by atoms with Crippen LogP contribution in [-0.4, -0.2) is 15.5 Å². The third-order valence-corrected chi connectivity index (χ3v) is 3.75. The van der Waals surface area contributed by atoms with Crippen LogP contribution < -0.4 is 10.6 Å². The highest BCUT2D eigenvalue weighted by molar-refractivity contribution is 6.33. The molecule has 104 valence electrons. The quantitative estimate of drug-likeness (QED) is 0.914. The van der Waals surface area contributed by atoms with Crippen molar-refractivity contribution < 1.29 is 4.79 Å². The Balaban J connectivity index is 1.87. The number of imidazole rings is 1. The molecule has 1 aromatic carbocycles. The Labute approximate surface area is 122 Å². The van der Waals surface area contributed by atoms with Crippen molar-refractivity contribution in [1.82, 2.24) is 9.55 Å². The molecule has 1 unspecified atom stereocenters. The molecule has 0 fully saturated rings. The lowest BCUT2D eigenvalue weighted by Gasteiger charge is -2.17. The fourth-order valence-corrected chi connectivity index (χ4v) is 2.67. The average molecular weight is 291 g/mol. The molecule has 0 aliphatic carbocycles. The molecule has 2 heterocycles. The molecule has 0 spiro atoms. The molecule has 5 nitrogen and oxygen atoms in total. The van der Waals surface area contributed by atoms with Gasteiger partial charge in [-0.05, 0) is 24.6 Å². The molecule has 0 saturated heterocycles. The van der Waals surface area contributed by atoms with Crippen molar-refractivity contribution in [3.63, 3.8) is 0 Å². The van der Waals surface area contributed by atoms with Crippen molar-refractivity contribution in [3.8, 4) is 0 Å². The Morgan fingerprint density at radius 2 is 2.30 bits per heavy atom. The van der Waals surface area contributed by atoms with E-state index < -0.39 is 0 Å². The van der Waals surface area contributed by atoms with Gasteiger partial charge in [-0.1, -0.05) is 11.6 Å². The lowest BCUT2D eigenvalue weighted by Crippen LogP contribution is -2.12. The van der Waals surface area contributed by atoms with Gasteiger partial charge in [-0.15, -0.1) is 0 Å². The SMILES string of the molecule is CC(Nc1cc2c(cc1Cl)NC(=O)C2)c1nccn1C. The maximum absolute atomic E-state index is 11.4. The van der Waals surface area contributed by atoms with Gasteiger partial charge in [0.2, 0.25) is 5.91 Å². The van der Waals surface area contributed by atoms with E-state index in [4.69, 9.17) is 11.6 Å². The molecule has 0 bridgehead atoms. The van der Waals surface area contributed by atoms with E-state index in [1.54, 1.807) is 12.3 Å². The molecule has 2 N–H and O–H groups in total. The maximum atomic E-state index is 11.4. The highest BCUT2D eigenvalue weighted by atomic mass is 35.5.